The molecule has 1 atom stereocenters. The van der Waals surface area contributed by atoms with Gasteiger partial charge in [-0.05, 0) is 40.3 Å². The van der Waals surface area contributed by atoms with E-state index in [4.69, 9.17) is 4.74 Å². The van der Waals surface area contributed by atoms with E-state index in [9.17, 15) is 4.79 Å². The summed E-state index contributed by atoms with van der Waals surface area (Å²) in [5.74, 6) is 0.655. The Bertz CT molecular complexity index is 434. The van der Waals surface area contributed by atoms with Gasteiger partial charge in [-0.3, -0.25) is 4.79 Å². The van der Waals surface area contributed by atoms with Gasteiger partial charge in [-0.25, -0.2) is 0 Å². The summed E-state index contributed by atoms with van der Waals surface area (Å²) in [6.07, 6.45) is 0.963. The molecule has 0 fully saturated rings. The highest BCUT2D eigenvalue weighted by molar-refractivity contribution is 5.78. The zero-order valence-electron chi connectivity index (χ0n) is 13.1. The third-order valence-corrected chi connectivity index (χ3v) is 2.92. The Hall–Kier alpha value is -1.55. The minimum Gasteiger partial charge on any atom is -0.483 e. The van der Waals surface area contributed by atoms with Crippen LogP contribution in [0.15, 0.2) is 24.3 Å². The molecule has 1 aromatic carbocycles. The molecule has 1 aromatic rings. The van der Waals surface area contributed by atoms with Crippen molar-refractivity contribution in [3.63, 3.8) is 0 Å². The lowest BCUT2D eigenvalue weighted by Crippen LogP contribution is -2.43. The maximum Gasteiger partial charge on any atom is 0.258 e. The van der Waals surface area contributed by atoms with Gasteiger partial charge in [0, 0.05) is 17.1 Å². The number of hydrogen-bond donors (Lipinski definition) is 2. The first-order valence-corrected chi connectivity index (χ1v) is 7.07. The van der Waals surface area contributed by atoms with E-state index < -0.39 is 0 Å². The van der Waals surface area contributed by atoms with E-state index in [-0.39, 0.29) is 24.1 Å². The molecule has 20 heavy (non-hydrogen) atoms. The Morgan fingerprint density at radius 3 is 2.50 bits per heavy atom. The minimum absolute atomic E-state index is 0.0361. The van der Waals surface area contributed by atoms with Gasteiger partial charge in [-0.2, -0.15) is 0 Å². The number of nitrogens with one attached hydrogen (secondary N) is 2. The summed E-state index contributed by atoms with van der Waals surface area (Å²) in [4.78, 5) is 11.8. The van der Waals surface area contributed by atoms with Gasteiger partial charge in [0.2, 0.25) is 0 Å². The Morgan fingerprint density at radius 2 is 1.95 bits per heavy atom. The van der Waals surface area contributed by atoms with Gasteiger partial charge >= 0.3 is 0 Å². The summed E-state index contributed by atoms with van der Waals surface area (Å²) in [7, 11) is 1.93. The quantitative estimate of drug-likeness (QED) is 0.841. The molecule has 1 amide bonds. The van der Waals surface area contributed by atoms with Crippen molar-refractivity contribution >= 4 is 5.91 Å². The fraction of sp³-hybridized carbons (Fsp3) is 0.562. The van der Waals surface area contributed by atoms with Gasteiger partial charge in [0.25, 0.3) is 5.91 Å². The highest BCUT2D eigenvalue weighted by Gasteiger charge is 2.16. The summed E-state index contributed by atoms with van der Waals surface area (Å²) in [5, 5.41) is 6.14. The highest BCUT2D eigenvalue weighted by Crippen LogP contribution is 2.26. The molecule has 0 aromatic heterocycles. The minimum atomic E-state index is -0.239. The second-order valence-corrected chi connectivity index (χ2v) is 5.87. The van der Waals surface area contributed by atoms with E-state index >= 15 is 0 Å². The van der Waals surface area contributed by atoms with Gasteiger partial charge in [-0.15, -0.1) is 0 Å². The first-order chi connectivity index (χ1) is 9.37. The second kappa shape index (κ2) is 7.29. The molecule has 0 aliphatic rings. The van der Waals surface area contributed by atoms with Gasteiger partial charge in [0.05, 0.1) is 0 Å². The third-order valence-electron chi connectivity index (χ3n) is 2.92. The Morgan fingerprint density at radius 1 is 1.30 bits per heavy atom. The molecule has 2 N–H and O–H groups in total. The molecule has 0 aliphatic carbocycles. The van der Waals surface area contributed by atoms with Gasteiger partial charge < -0.3 is 15.4 Å². The van der Waals surface area contributed by atoms with Gasteiger partial charge in [0.15, 0.2) is 6.61 Å². The maximum atomic E-state index is 11.8. The summed E-state index contributed by atoms with van der Waals surface area (Å²) in [6, 6.07) is 8.07. The molecule has 112 valence electrons. The molecule has 0 spiro atoms. The summed E-state index contributed by atoms with van der Waals surface area (Å²) in [5.41, 5.74) is 0.845. The molecule has 0 bridgehead atoms. The molecule has 4 heteroatoms. The molecule has 0 saturated carbocycles. The topological polar surface area (TPSA) is 50.4 Å². The van der Waals surface area contributed by atoms with Crippen LogP contribution in [-0.2, 0) is 4.79 Å². The number of carbonyl (C=O) groups is 1. The van der Waals surface area contributed by atoms with Crippen molar-refractivity contribution in [3.8, 4) is 5.75 Å². The Kier molecular flexibility index (Phi) is 6.02. The Labute approximate surface area is 121 Å². The van der Waals surface area contributed by atoms with E-state index in [1.165, 1.54) is 0 Å². The SMILES string of the molecule is CCC(NC)c1ccccc1OCC(=O)NC(C)(C)C. The van der Waals surface area contributed by atoms with Crippen molar-refractivity contribution in [1.29, 1.82) is 0 Å². The predicted octanol–water partition coefficient (Wildman–Crippen LogP) is 2.65. The van der Waals surface area contributed by atoms with Crippen LogP contribution in [0.4, 0.5) is 0 Å². The number of carbonyl (C=O) groups excluding carboxylic acids is 1. The first kappa shape index (κ1) is 16.5. The average Bonchev–Trinajstić information content (AvgIpc) is 2.37. The highest BCUT2D eigenvalue weighted by atomic mass is 16.5. The van der Waals surface area contributed by atoms with Crippen LogP contribution in [0.2, 0.25) is 0 Å². The molecular weight excluding hydrogens is 252 g/mol. The zero-order valence-corrected chi connectivity index (χ0v) is 13.1. The van der Waals surface area contributed by atoms with E-state index in [1.807, 2.05) is 52.1 Å². The molecule has 0 saturated heterocycles. The van der Waals surface area contributed by atoms with Crippen molar-refractivity contribution in [1.82, 2.24) is 10.6 Å². The molecule has 1 unspecified atom stereocenters. The Balaban J connectivity index is 2.71. The number of benzene rings is 1. The first-order valence-electron chi connectivity index (χ1n) is 7.07. The average molecular weight is 278 g/mol. The van der Waals surface area contributed by atoms with Crippen LogP contribution in [0.5, 0.6) is 5.75 Å². The van der Waals surface area contributed by atoms with Crippen LogP contribution in [0.3, 0.4) is 0 Å². The smallest absolute Gasteiger partial charge is 0.258 e. The molecule has 0 radical (unpaired) electrons. The molecular formula is C16H26N2O2. The van der Waals surface area contributed by atoms with Crippen LogP contribution in [0, 0.1) is 0 Å². The monoisotopic (exact) mass is 278 g/mol. The van der Waals surface area contributed by atoms with Crippen molar-refractivity contribution in [3.05, 3.63) is 29.8 Å². The van der Waals surface area contributed by atoms with Crippen molar-refractivity contribution in [2.45, 2.75) is 45.7 Å². The largest absolute Gasteiger partial charge is 0.483 e. The lowest BCUT2D eigenvalue weighted by molar-refractivity contribution is -0.124. The number of para-hydroxylation sites is 1. The van der Waals surface area contributed by atoms with Crippen molar-refractivity contribution in [2.75, 3.05) is 13.7 Å². The van der Waals surface area contributed by atoms with E-state index in [1.54, 1.807) is 0 Å². The van der Waals surface area contributed by atoms with E-state index in [2.05, 4.69) is 17.6 Å². The van der Waals surface area contributed by atoms with Gasteiger partial charge in [-0.1, -0.05) is 25.1 Å². The second-order valence-electron chi connectivity index (χ2n) is 5.87. The normalized spacial score (nSPS) is 12.8. The fourth-order valence-electron chi connectivity index (χ4n) is 2.08. The number of hydrogen-bond acceptors (Lipinski definition) is 3. The van der Waals surface area contributed by atoms with Crippen LogP contribution in [-0.4, -0.2) is 25.1 Å². The zero-order chi connectivity index (χ0) is 15.2. The summed E-state index contributed by atoms with van der Waals surface area (Å²) < 4.78 is 5.68. The number of ether oxygens (including phenoxy) is 1. The van der Waals surface area contributed by atoms with Crippen molar-refractivity contribution in [2.24, 2.45) is 0 Å². The van der Waals surface area contributed by atoms with E-state index in [0.717, 1.165) is 17.7 Å². The summed E-state index contributed by atoms with van der Waals surface area (Å²) in [6.45, 7) is 8.01. The third kappa shape index (κ3) is 5.21. The fourth-order valence-corrected chi connectivity index (χ4v) is 2.08. The molecule has 0 heterocycles. The molecule has 0 aliphatic heterocycles. The van der Waals surface area contributed by atoms with Crippen LogP contribution >= 0.6 is 0 Å². The predicted molar refractivity (Wildman–Crippen MR) is 81.9 cm³/mol. The van der Waals surface area contributed by atoms with Crippen molar-refractivity contribution < 1.29 is 9.53 Å². The van der Waals surface area contributed by atoms with Gasteiger partial charge in [0.1, 0.15) is 5.75 Å². The van der Waals surface area contributed by atoms with Crippen LogP contribution in [0.1, 0.15) is 45.7 Å². The molecule has 4 nitrogen and oxygen atoms in total. The lowest BCUT2D eigenvalue weighted by atomic mass is 10.0. The standard InChI is InChI=1S/C16H26N2O2/c1-6-13(17-5)12-9-7-8-10-14(12)20-11-15(19)18-16(2,3)4/h7-10,13,17H,6,11H2,1-5H3,(H,18,19). The molecule has 1 rings (SSSR count). The van der Waals surface area contributed by atoms with E-state index in [0.29, 0.717) is 0 Å². The lowest BCUT2D eigenvalue weighted by Gasteiger charge is -2.22. The van der Waals surface area contributed by atoms with Crippen LogP contribution < -0.4 is 15.4 Å². The van der Waals surface area contributed by atoms with Crippen LogP contribution in [0.25, 0.3) is 0 Å². The number of amides is 1. The maximum absolute atomic E-state index is 11.8. The number of rotatable bonds is 6. The summed E-state index contributed by atoms with van der Waals surface area (Å²) >= 11 is 0.